The molecule has 0 atom stereocenters. The first kappa shape index (κ1) is 16.1. The number of carbonyl (C=O) groups excluding carboxylic acids is 1. The number of ether oxygens (including phenoxy) is 3. The maximum atomic E-state index is 11.5. The van der Waals surface area contributed by atoms with Gasteiger partial charge in [-0.1, -0.05) is 18.1 Å². The second-order valence-corrected chi connectivity index (χ2v) is 5.09. The summed E-state index contributed by atoms with van der Waals surface area (Å²) in [6.45, 7) is 6.33. The number of methoxy groups -OCH3 is 1. The molecule has 0 radical (unpaired) electrons. The zero-order chi connectivity index (χ0) is 15.0. The Morgan fingerprint density at radius 3 is 2.55 bits per heavy atom. The van der Waals surface area contributed by atoms with Gasteiger partial charge >= 0.3 is 5.97 Å². The maximum absolute atomic E-state index is 11.5. The van der Waals surface area contributed by atoms with Crippen LogP contribution in [0.25, 0.3) is 0 Å². The largest absolute Gasteiger partial charge is 0.490 e. The number of benzene rings is 1. The van der Waals surface area contributed by atoms with E-state index >= 15 is 0 Å². The molecule has 20 heavy (non-hydrogen) atoms. The van der Waals surface area contributed by atoms with E-state index in [9.17, 15) is 4.79 Å². The molecule has 4 heteroatoms. The van der Waals surface area contributed by atoms with Crippen LogP contribution in [0, 0.1) is 11.8 Å². The molecule has 0 heterocycles. The lowest BCUT2D eigenvalue weighted by molar-refractivity contribution is -0.147. The standard InChI is InChI=1S/C16H20O4/c1-16(2,3)20-15(17)10-9-13-7-5-6-8-14(13)19-12-11-18-4/h5-8H,11-12H2,1-4H3. The van der Waals surface area contributed by atoms with Gasteiger partial charge in [0, 0.05) is 13.0 Å². The van der Waals surface area contributed by atoms with Crippen LogP contribution in [0.1, 0.15) is 26.3 Å². The lowest BCUT2D eigenvalue weighted by Crippen LogP contribution is -2.22. The van der Waals surface area contributed by atoms with Crippen molar-refractivity contribution in [2.75, 3.05) is 20.3 Å². The summed E-state index contributed by atoms with van der Waals surface area (Å²) >= 11 is 0. The molecule has 0 aromatic heterocycles. The van der Waals surface area contributed by atoms with Gasteiger partial charge in [-0.05, 0) is 32.9 Å². The van der Waals surface area contributed by atoms with Crippen molar-refractivity contribution >= 4 is 5.97 Å². The summed E-state index contributed by atoms with van der Waals surface area (Å²) in [6.07, 6.45) is 0. The van der Waals surface area contributed by atoms with Crippen LogP contribution >= 0.6 is 0 Å². The SMILES string of the molecule is COCCOc1ccccc1C#CC(=O)OC(C)(C)C. The lowest BCUT2D eigenvalue weighted by atomic mass is 10.2. The van der Waals surface area contributed by atoms with Gasteiger partial charge in [-0.3, -0.25) is 0 Å². The summed E-state index contributed by atoms with van der Waals surface area (Å²) in [5.74, 6) is 5.31. The first-order chi connectivity index (χ1) is 9.42. The van der Waals surface area contributed by atoms with E-state index in [1.807, 2.05) is 12.1 Å². The Hall–Kier alpha value is -1.99. The van der Waals surface area contributed by atoms with Crippen molar-refractivity contribution in [1.82, 2.24) is 0 Å². The van der Waals surface area contributed by atoms with Crippen molar-refractivity contribution < 1.29 is 19.0 Å². The van der Waals surface area contributed by atoms with E-state index < -0.39 is 11.6 Å². The number of hydrogen-bond acceptors (Lipinski definition) is 4. The summed E-state index contributed by atoms with van der Waals surface area (Å²) in [5.41, 5.74) is 0.106. The van der Waals surface area contributed by atoms with Crippen molar-refractivity contribution in [2.24, 2.45) is 0 Å². The molecule has 0 bridgehead atoms. The molecule has 0 aliphatic rings. The minimum Gasteiger partial charge on any atom is -0.490 e. The molecule has 0 aliphatic heterocycles. The molecule has 1 rings (SSSR count). The van der Waals surface area contributed by atoms with Crippen molar-refractivity contribution in [1.29, 1.82) is 0 Å². The molecule has 0 spiro atoms. The second-order valence-electron chi connectivity index (χ2n) is 5.09. The number of rotatable bonds is 4. The summed E-state index contributed by atoms with van der Waals surface area (Å²) < 4.78 is 15.6. The third-order valence-electron chi connectivity index (χ3n) is 2.13. The van der Waals surface area contributed by atoms with Crippen LogP contribution in [0.3, 0.4) is 0 Å². The lowest BCUT2D eigenvalue weighted by Gasteiger charge is -2.16. The highest BCUT2D eigenvalue weighted by atomic mass is 16.6. The quantitative estimate of drug-likeness (QED) is 0.481. The van der Waals surface area contributed by atoms with E-state index in [-0.39, 0.29) is 0 Å². The summed E-state index contributed by atoms with van der Waals surface area (Å²) in [6, 6.07) is 7.28. The van der Waals surface area contributed by atoms with Gasteiger partial charge in [0.1, 0.15) is 18.0 Å². The Morgan fingerprint density at radius 1 is 1.20 bits per heavy atom. The van der Waals surface area contributed by atoms with Crippen LogP contribution in [0.2, 0.25) is 0 Å². The molecule has 0 fully saturated rings. The van der Waals surface area contributed by atoms with Gasteiger partial charge in [-0.25, -0.2) is 4.79 Å². The van der Waals surface area contributed by atoms with Crippen LogP contribution in [-0.4, -0.2) is 31.9 Å². The van der Waals surface area contributed by atoms with Gasteiger partial charge < -0.3 is 14.2 Å². The Balaban J connectivity index is 2.75. The summed E-state index contributed by atoms with van der Waals surface area (Å²) in [5, 5.41) is 0. The summed E-state index contributed by atoms with van der Waals surface area (Å²) in [4.78, 5) is 11.5. The average molecular weight is 276 g/mol. The minimum atomic E-state index is -0.552. The minimum absolute atomic E-state index is 0.432. The van der Waals surface area contributed by atoms with Gasteiger partial charge in [0.05, 0.1) is 12.2 Å². The van der Waals surface area contributed by atoms with E-state index in [4.69, 9.17) is 14.2 Å². The summed E-state index contributed by atoms with van der Waals surface area (Å²) in [7, 11) is 1.61. The first-order valence-electron chi connectivity index (χ1n) is 6.38. The molecule has 0 saturated heterocycles. The first-order valence-corrected chi connectivity index (χ1v) is 6.38. The highest BCUT2D eigenvalue weighted by molar-refractivity contribution is 5.89. The fraction of sp³-hybridized carbons (Fsp3) is 0.438. The molecule has 0 N–H and O–H groups in total. The molecule has 0 aliphatic carbocycles. The van der Waals surface area contributed by atoms with Crippen molar-refractivity contribution in [3.8, 4) is 17.6 Å². The van der Waals surface area contributed by atoms with E-state index in [0.29, 0.717) is 24.5 Å². The van der Waals surface area contributed by atoms with Crippen LogP contribution in [-0.2, 0) is 14.3 Å². The van der Waals surface area contributed by atoms with Crippen LogP contribution in [0.15, 0.2) is 24.3 Å². The smallest absolute Gasteiger partial charge is 0.385 e. The van der Waals surface area contributed by atoms with Gasteiger partial charge in [-0.2, -0.15) is 0 Å². The molecule has 0 amide bonds. The van der Waals surface area contributed by atoms with E-state index in [2.05, 4.69) is 11.8 Å². The molecular formula is C16H20O4. The Labute approximate surface area is 120 Å². The third-order valence-corrected chi connectivity index (χ3v) is 2.13. The molecule has 0 unspecified atom stereocenters. The van der Waals surface area contributed by atoms with E-state index in [1.54, 1.807) is 40.0 Å². The van der Waals surface area contributed by atoms with E-state index in [0.717, 1.165) is 0 Å². The number of esters is 1. The third kappa shape index (κ3) is 6.26. The molecular weight excluding hydrogens is 256 g/mol. The molecule has 1 aromatic carbocycles. The molecule has 0 saturated carbocycles. The van der Waals surface area contributed by atoms with Gasteiger partial charge in [0.15, 0.2) is 0 Å². The highest BCUT2D eigenvalue weighted by Gasteiger charge is 2.14. The predicted molar refractivity (Wildman–Crippen MR) is 76.5 cm³/mol. The number of hydrogen-bond donors (Lipinski definition) is 0. The molecule has 1 aromatic rings. The fourth-order valence-corrected chi connectivity index (χ4v) is 1.35. The monoisotopic (exact) mass is 276 g/mol. The van der Waals surface area contributed by atoms with E-state index in [1.165, 1.54) is 0 Å². The maximum Gasteiger partial charge on any atom is 0.385 e. The molecule has 4 nitrogen and oxygen atoms in total. The van der Waals surface area contributed by atoms with Gasteiger partial charge in [-0.15, -0.1) is 0 Å². The fourth-order valence-electron chi connectivity index (χ4n) is 1.35. The number of para-hydroxylation sites is 1. The van der Waals surface area contributed by atoms with Crippen molar-refractivity contribution in [3.63, 3.8) is 0 Å². The van der Waals surface area contributed by atoms with Gasteiger partial charge in [0.2, 0.25) is 0 Å². The average Bonchev–Trinajstić information content (AvgIpc) is 2.36. The van der Waals surface area contributed by atoms with Crippen LogP contribution < -0.4 is 4.74 Å². The van der Waals surface area contributed by atoms with Crippen LogP contribution in [0.4, 0.5) is 0 Å². The Bertz CT molecular complexity index is 503. The highest BCUT2D eigenvalue weighted by Crippen LogP contribution is 2.16. The normalized spacial score (nSPS) is 10.4. The Morgan fingerprint density at radius 2 is 1.90 bits per heavy atom. The molecule has 108 valence electrons. The second kappa shape index (κ2) is 7.56. The Kier molecular flexibility index (Phi) is 6.08. The predicted octanol–water partition coefficient (Wildman–Crippen LogP) is 2.41. The van der Waals surface area contributed by atoms with Crippen molar-refractivity contribution in [2.45, 2.75) is 26.4 Å². The zero-order valence-corrected chi connectivity index (χ0v) is 12.4. The van der Waals surface area contributed by atoms with Gasteiger partial charge in [0.25, 0.3) is 0 Å². The zero-order valence-electron chi connectivity index (χ0n) is 12.4. The van der Waals surface area contributed by atoms with Crippen LogP contribution in [0.5, 0.6) is 5.75 Å². The topological polar surface area (TPSA) is 44.8 Å². The van der Waals surface area contributed by atoms with Crippen molar-refractivity contribution in [3.05, 3.63) is 29.8 Å². The number of carbonyl (C=O) groups is 1.